The third kappa shape index (κ3) is 3.24. The minimum absolute atomic E-state index is 0.166. The van der Waals surface area contributed by atoms with E-state index in [0.29, 0.717) is 6.04 Å². The summed E-state index contributed by atoms with van der Waals surface area (Å²) in [5.74, 6) is 0. The van der Waals surface area contributed by atoms with Gasteiger partial charge in [-0.1, -0.05) is 26.7 Å². The smallest absolute Gasteiger partial charge is 0.151 e. The highest BCUT2D eigenvalue weighted by Crippen LogP contribution is 2.24. The number of hydrogen-bond acceptors (Lipinski definition) is 3. The van der Waals surface area contributed by atoms with Crippen LogP contribution in [0.1, 0.15) is 39.5 Å². The largest absolute Gasteiger partial charge is 0.310 e. The Kier molecular flexibility index (Phi) is 3.95. The monoisotopic (exact) mass is 219 g/mol. The molecule has 1 fully saturated rings. The number of sulfone groups is 1. The van der Waals surface area contributed by atoms with Crippen molar-refractivity contribution in [2.24, 2.45) is 0 Å². The van der Waals surface area contributed by atoms with E-state index in [0.717, 1.165) is 25.7 Å². The second-order valence-electron chi connectivity index (χ2n) is 4.58. The van der Waals surface area contributed by atoms with Crippen molar-refractivity contribution in [3.63, 3.8) is 0 Å². The fourth-order valence-electron chi connectivity index (χ4n) is 2.23. The van der Waals surface area contributed by atoms with Gasteiger partial charge in [-0.05, 0) is 12.8 Å². The van der Waals surface area contributed by atoms with E-state index in [-0.39, 0.29) is 11.3 Å². The summed E-state index contributed by atoms with van der Waals surface area (Å²) in [6.07, 6.45) is 5.38. The SMILES string of the molecule is CC(C)N[C@@H]1CCCC[C@H]1S(C)(=O)=O. The molecule has 1 rings (SSSR count). The summed E-state index contributed by atoms with van der Waals surface area (Å²) in [6.45, 7) is 4.13. The van der Waals surface area contributed by atoms with Crippen LogP contribution >= 0.6 is 0 Å². The zero-order valence-electron chi connectivity index (χ0n) is 9.29. The summed E-state index contributed by atoms with van der Waals surface area (Å²) >= 11 is 0. The van der Waals surface area contributed by atoms with Crippen molar-refractivity contribution in [3.05, 3.63) is 0 Å². The van der Waals surface area contributed by atoms with Crippen molar-refractivity contribution in [3.8, 4) is 0 Å². The highest BCUT2D eigenvalue weighted by atomic mass is 32.2. The molecule has 0 saturated heterocycles. The van der Waals surface area contributed by atoms with Crippen LogP contribution in [0.4, 0.5) is 0 Å². The highest BCUT2D eigenvalue weighted by Gasteiger charge is 2.32. The maximum absolute atomic E-state index is 11.5. The van der Waals surface area contributed by atoms with E-state index in [4.69, 9.17) is 0 Å². The molecule has 0 heterocycles. The Bertz CT molecular complexity index is 272. The summed E-state index contributed by atoms with van der Waals surface area (Å²) in [5.41, 5.74) is 0. The van der Waals surface area contributed by atoms with Gasteiger partial charge < -0.3 is 5.32 Å². The van der Waals surface area contributed by atoms with Crippen LogP contribution < -0.4 is 5.32 Å². The van der Waals surface area contributed by atoms with E-state index in [1.165, 1.54) is 6.26 Å². The van der Waals surface area contributed by atoms with Gasteiger partial charge in [0.15, 0.2) is 9.84 Å². The van der Waals surface area contributed by atoms with Crippen LogP contribution in [0.2, 0.25) is 0 Å². The summed E-state index contributed by atoms with van der Waals surface area (Å²) in [4.78, 5) is 0. The van der Waals surface area contributed by atoms with Gasteiger partial charge in [-0.25, -0.2) is 8.42 Å². The van der Waals surface area contributed by atoms with Gasteiger partial charge in [0, 0.05) is 18.3 Å². The Morgan fingerprint density at radius 2 is 1.79 bits per heavy atom. The van der Waals surface area contributed by atoms with Gasteiger partial charge >= 0.3 is 0 Å². The van der Waals surface area contributed by atoms with Gasteiger partial charge in [0.05, 0.1) is 5.25 Å². The van der Waals surface area contributed by atoms with Gasteiger partial charge in [0.2, 0.25) is 0 Å². The van der Waals surface area contributed by atoms with Crippen molar-refractivity contribution in [2.75, 3.05) is 6.26 Å². The number of hydrogen-bond donors (Lipinski definition) is 1. The first kappa shape index (κ1) is 12.0. The fourth-order valence-corrected chi connectivity index (χ4v) is 3.63. The van der Waals surface area contributed by atoms with Gasteiger partial charge in [-0.15, -0.1) is 0 Å². The Labute approximate surface area is 87.2 Å². The maximum Gasteiger partial charge on any atom is 0.151 e. The molecule has 84 valence electrons. The molecule has 0 unspecified atom stereocenters. The van der Waals surface area contributed by atoms with Crippen LogP contribution in [-0.2, 0) is 9.84 Å². The first-order chi connectivity index (χ1) is 6.41. The molecular formula is C10H21NO2S. The molecule has 0 aromatic rings. The molecular weight excluding hydrogens is 198 g/mol. The first-order valence-corrected chi connectivity index (χ1v) is 7.31. The van der Waals surface area contributed by atoms with Crippen molar-refractivity contribution in [1.29, 1.82) is 0 Å². The van der Waals surface area contributed by atoms with E-state index < -0.39 is 9.84 Å². The third-order valence-electron chi connectivity index (χ3n) is 2.80. The molecule has 14 heavy (non-hydrogen) atoms. The lowest BCUT2D eigenvalue weighted by atomic mass is 9.94. The highest BCUT2D eigenvalue weighted by molar-refractivity contribution is 7.91. The zero-order chi connectivity index (χ0) is 10.8. The van der Waals surface area contributed by atoms with Crippen molar-refractivity contribution < 1.29 is 8.42 Å². The van der Waals surface area contributed by atoms with Gasteiger partial charge in [0.1, 0.15) is 0 Å². The molecule has 0 bridgehead atoms. The zero-order valence-corrected chi connectivity index (χ0v) is 10.1. The average molecular weight is 219 g/mol. The Balaban J connectivity index is 2.69. The number of nitrogens with one attached hydrogen (secondary N) is 1. The Morgan fingerprint density at radius 1 is 1.21 bits per heavy atom. The second kappa shape index (κ2) is 4.62. The van der Waals surface area contributed by atoms with Gasteiger partial charge in [0.25, 0.3) is 0 Å². The van der Waals surface area contributed by atoms with Crippen LogP contribution in [0.3, 0.4) is 0 Å². The van der Waals surface area contributed by atoms with E-state index in [1.807, 2.05) is 0 Å². The molecule has 1 saturated carbocycles. The van der Waals surface area contributed by atoms with Crippen LogP contribution in [0, 0.1) is 0 Å². The van der Waals surface area contributed by atoms with E-state index in [2.05, 4.69) is 19.2 Å². The summed E-state index contributed by atoms with van der Waals surface area (Å²) in [7, 11) is -2.88. The lowest BCUT2D eigenvalue weighted by Crippen LogP contribution is -2.48. The topological polar surface area (TPSA) is 46.2 Å². The van der Waals surface area contributed by atoms with Crippen LogP contribution in [-0.4, -0.2) is 32.0 Å². The fraction of sp³-hybridized carbons (Fsp3) is 1.00. The molecule has 0 spiro atoms. The van der Waals surface area contributed by atoms with E-state index >= 15 is 0 Å². The summed E-state index contributed by atoms with van der Waals surface area (Å²) in [5, 5.41) is 3.19. The molecule has 3 nitrogen and oxygen atoms in total. The number of rotatable bonds is 3. The quantitative estimate of drug-likeness (QED) is 0.779. The molecule has 1 aliphatic carbocycles. The standard InChI is InChI=1S/C10H21NO2S/c1-8(2)11-9-6-4-5-7-10(9)14(3,12)13/h8-11H,4-7H2,1-3H3/t9-,10-/m1/s1. The molecule has 0 radical (unpaired) electrons. The van der Waals surface area contributed by atoms with Crippen molar-refractivity contribution in [2.45, 2.75) is 56.9 Å². The summed E-state index contributed by atoms with van der Waals surface area (Å²) in [6, 6.07) is 0.529. The first-order valence-electron chi connectivity index (χ1n) is 5.36. The minimum Gasteiger partial charge on any atom is -0.310 e. The molecule has 4 heteroatoms. The summed E-state index contributed by atoms with van der Waals surface area (Å²) < 4.78 is 23.1. The normalized spacial score (nSPS) is 29.4. The third-order valence-corrected chi connectivity index (χ3v) is 4.46. The molecule has 0 aromatic heterocycles. The predicted octanol–water partition coefficient (Wildman–Crippen LogP) is 1.34. The molecule has 0 aliphatic heterocycles. The Hall–Kier alpha value is -0.0900. The molecule has 1 N–H and O–H groups in total. The molecule has 1 aliphatic rings. The van der Waals surface area contributed by atoms with Gasteiger partial charge in [-0.3, -0.25) is 0 Å². The maximum atomic E-state index is 11.5. The van der Waals surface area contributed by atoms with E-state index in [1.54, 1.807) is 0 Å². The predicted molar refractivity (Wildman–Crippen MR) is 59.2 cm³/mol. The lowest BCUT2D eigenvalue weighted by molar-refractivity contribution is 0.351. The van der Waals surface area contributed by atoms with Crippen LogP contribution in [0.25, 0.3) is 0 Å². The van der Waals surface area contributed by atoms with Crippen LogP contribution in [0.15, 0.2) is 0 Å². The van der Waals surface area contributed by atoms with Crippen LogP contribution in [0.5, 0.6) is 0 Å². The molecule has 0 aromatic carbocycles. The van der Waals surface area contributed by atoms with Gasteiger partial charge in [-0.2, -0.15) is 0 Å². The lowest BCUT2D eigenvalue weighted by Gasteiger charge is -2.32. The van der Waals surface area contributed by atoms with Crippen molar-refractivity contribution in [1.82, 2.24) is 5.32 Å². The molecule has 0 amide bonds. The van der Waals surface area contributed by atoms with E-state index in [9.17, 15) is 8.42 Å². The minimum atomic E-state index is -2.88. The molecule has 2 atom stereocenters. The second-order valence-corrected chi connectivity index (χ2v) is 6.84. The Morgan fingerprint density at radius 3 is 2.29 bits per heavy atom. The van der Waals surface area contributed by atoms with Crippen molar-refractivity contribution >= 4 is 9.84 Å². The average Bonchev–Trinajstić information content (AvgIpc) is 2.01.